The van der Waals surface area contributed by atoms with E-state index in [2.05, 4.69) is 10.0 Å². The minimum Gasteiger partial charge on any atom is -0.496 e. The van der Waals surface area contributed by atoms with Gasteiger partial charge in [0, 0.05) is 11.5 Å². The van der Waals surface area contributed by atoms with Gasteiger partial charge in [-0.25, -0.2) is 4.79 Å². The number of carboxylic acids is 1. The molecule has 1 aromatic rings. The molecule has 0 unspecified atom stereocenters. The Kier molecular flexibility index (Phi) is 5.28. The average Bonchev–Trinajstić information content (AvgIpc) is 2.38. The molecule has 0 aliphatic rings. The molecule has 6 heteroatoms. The van der Waals surface area contributed by atoms with Crippen molar-refractivity contribution in [2.75, 3.05) is 13.7 Å². The molecule has 1 N–H and O–H groups in total. The zero-order valence-corrected chi connectivity index (χ0v) is 9.91. The third-order valence-corrected chi connectivity index (χ3v) is 2.22. The van der Waals surface area contributed by atoms with Gasteiger partial charge in [-0.3, -0.25) is 0 Å². The number of azide groups is 1. The zero-order valence-electron chi connectivity index (χ0n) is 9.91. The van der Waals surface area contributed by atoms with Crippen LogP contribution in [0, 0.1) is 0 Å². The van der Waals surface area contributed by atoms with Gasteiger partial charge in [-0.05, 0) is 29.6 Å². The number of nitrogens with zero attached hydrogens (tertiary/aromatic N) is 3. The molecule has 0 aliphatic carbocycles. The Morgan fingerprint density at radius 3 is 3.00 bits per heavy atom. The first-order chi connectivity index (χ1) is 8.69. The zero-order chi connectivity index (χ0) is 13.4. The van der Waals surface area contributed by atoms with E-state index in [1.807, 2.05) is 6.08 Å². The van der Waals surface area contributed by atoms with E-state index >= 15 is 0 Å². The summed E-state index contributed by atoms with van der Waals surface area (Å²) in [5, 5.41) is 12.4. The van der Waals surface area contributed by atoms with Gasteiger partial charge in [0.1, 0.15) is 11.3 Å². The van der Waals surface area contributed by atoms with Crippen LogP contribution in [0.25, 0.3) is 16.5 Å². The summed E-state index contributed by atoms with van der Waals surface area (Å²) in [6.45, 7) is 0.384. The molecule has 0 heterocycles. The number of aromatic carboxylic acids is 1. The minimum atomic E-state index is -1.03. The first kappa shape index (κ1) is 13.6. The summed E-state index contributed by atoms with van der Waals surface area (Å²) in [5.41, 5.74) is 8.97. The van der Waals surface area contributed by atoms with E-state index in [-0.39, 0.29) is 5.56 Å². The van der Waals surface area contributed by atoms with Crippen LogP contribution in [0.4, 0.5) is 0 Å². The van der Waals surface area contributed by atoms with Crippen LogP contribution in [0.1, 0.15) is 22.3 Å². The van der Waals surface area contributed by atoms with Crippen molar-refractivity contribution in [3.8, 4) is 5.75 Å². The molecule has 0 bridgehead atoms. The van der Waals surface area contributed by atoms with Crippen molar-refractivity contribution in [3.63, 3.8) is 0 Å². The van der Waals surface area contributed by atoms with Gasteiger partial charge in [-0.15, -0.1) is 0 Å². The third-order valence-electron chi connectivity index (χ3n) is 2.22. The maximum Gasteiger partial charge on any atom is 0.339 e. The molecule has 0 aliphatic heterocycles. The van der Waals surface area contributed by atoms with Gasteiger partial charge >= 0.3 is 5.97 Å². The fraction of sp³-hybridized carbons (Fsp3) is 0.250. The summed E-state index contributed by atoms with van der Waals surface area (Å²) in [7, 11) is 1.43. The smallest absolute Gasteiger partial charge is 0.339 e. The molecule has 0 spiro atoms. The molecule has 0 atom stereocenters. The summed E-state index contributed by atoms with van der Waals surface area (Å²) in [6, 6.07) is 4.90. The second-order valence-corrected chi connectivity index (χ2v) is 3.41. The third kappa shape index (κ3) is 3.84. The average molecular weight is 247 g/mol. The van der Waals surface area contributed by atoms with Gasteiger partial charge in [0.15, 0.2) is 0 Å². The molecule has 0 radical (unpaired) electrons. The number of ether oxygens (including phenoxy) is 1. The molecular weight excluding hydrogens is 234 g/mol. The second-order valence-electron chi connectivity index (χ2n) is 3.41. The lowest BCUT2D eigenvalue weighted by Crippen LogP contribution is -2.00. The number of rotatable bonds is 6. The lowest BCUT2D eigenvalue weighted by molar-refractivity contribution is 0.0693. The van der Waals surface area contributed by atoms with E-state index in [0.29, 0.717) is 18.7 Å². The van der Waals surface area contributed by atoms with Crippen LogP contribution in [0.3, 0.4) is 0 Å². The van der Waals surface area contributed by atoms with Gasteiger partial charge in [-0.1, -0.05) is 23.3 Å². The van der Waals surface area contributed by atoms with Crippen molar-refractivity contribution >= 4 is 12.0 Å². The van der Waals surface area contributed by atoms with Gasteiger partial charge in [0.2, 0.25) is 0 Å². The Morgan fingerprint density at radius 1 is 1.61 bits per heavy atom. The molecule has 18 heavy (non-hydrogen) atoms. The predicted molar refractivity (Wildman–Crippen MR) is 67.6 cm³/mol. The number of benzene rings is 1. The SMILES string of the molecule is COc1ccc(C=CCCN=[N+]=[N-])cc1C(=O)O. The monoisotopic (exact) mass is 247 g/mol. The fourth-order valence-electron chi connectivity index (χ4n) is 1.39. The van der Waals surface area contributed by atoms with E-state index < -0.39 is 5.97 Å². The fourth-order valence-corrected chi connectivity index (χ4v) is 1.39. The molecule has 0 aromatic heterocycles. The summed E-state index contributed by atoms with van der Waals surface area (Å²) >= 11 is 0. The highest BCUT2D eigenvalue weighted by molar-refractivity contribution is 5.91. The molecule has 94 valence electrons. The number of methoxy groups -OCH3 is 1. The van der Waals surface area contributed by atoms with Crippen LogP contribution in [-0.2, 0) is 0 Å². The Bertz CT molecular complexity index is 505. The normalized spacial score (nSPS) is 10.1. The van der Waals surface area contributed by atoms with Gasteiger partial charge in [0.05, 0.1) is 7.11 Å². The maximum absolute atomic E-state index is 11.0. The molecule has 0 saturated carbocycles. The Morgan fingerprint density at radius 2 is 2.39 bits per heavy atom. The van der Waals surface area contributed by atoms with Crippen molar-refractivity contribution in [1.29, 1.82) is 0 Å². The predicted octanol–water partition coefficient (Wildman–Crippen LogP) is 3.11. The Labute approximate surface area is 104 Å². The van der Waals surface area contributed by atoms with Crippen molar-refractivity contribution in [2.24, 2.45) is 5.11 Å². The van der Waals surface area contributed by atoms with E-state index in [1.54, 1.807) is 18.2 Å². The number of carbonyl (C=O) groups is 1. The quantitative estimate of drug-likeness (QED) is 0.362. The highest BCUT2D eigenvalue weighted by atomic mass is 16.5. The Balaban J connectivity index is 2.81. The number of hydrogen-bond donors (Lipinski definition) is 1. The largest absolute Gasteiger partial charge is 0.496 e. The van der Waals surface area contributed by atoms with E-state index in [4.69, 9.17) is 15.4 Å². The standard InChI is InChI=1S/C12H13N3O3/c1-18-11-6-5-9(8-10(11)12(16)17)4-2-3-7-14-15-13/h2,4-6,8H,3,7H2,1H3,(H,16,17). The Hall–Kier alpha value is -2.46. The molecule has 6 nitrogen and oxygen atoms in total. The summed E-state index contributed by atoms with van der Waals surface area (Å²) in [6.07, 6.45) is 4.21. The molecule has 0 saturated heterocycles. The summed E-state index contributed by atoms with van der Waals surface area (Å²) in [4.78, 5) is 13.6. The van der Waals surface area contributed by atoms with E-state index in [9.17, 15) is 4.79 Å². The van der Waals surface area contributed by atoms with Crippen molar-refractivity contribution < 1.29 is 14.6 Å². The van der Waals surface area contributed by atoms with Gasteiger partial charge < -0.3 is 9.84 Å². The van der Waals surface area contributed by atoms with Crippen LogP contribution < -0.4 is 4.74 Å². The van der Waals surface area contributed by atoms with Crippen LogP contribution >= 0.6 is 0 Å². The summed E-state index contributed by atoms with van der Waals surface area (Å²) < 4.78 is 4.96. The first-order valence-electron chi connectivity index (χ1n) is 5.27. The van der Waals surface area contributed by atoms with Crippen LogP contribution in [0.15, 0.2) is 29.4 Å². The molecule has 1 rings (SSSR count). The number of hydrogen-bond acceptors (Lipinski definition) is 3. The molecular formula is C12H13N3O3. The van der Waals surface area contributed by atoms with E-state index in [1.165, 1.54) is 13.2 Å². The van der Waals surface area contributed by atoms with E-state index in [0.717, 1.165) is 5.56 Å². The minimum absolute atomic E-state index is 0.120. The van der Waals surface area contributed by atoms with Crippen molar-refractivity contribution in [3.05, 3.63) is 45.8 Å². The lowest BCUT2D eigenvalue weighted by Gasteiger charge is -2.05. The maximum atomic E-state index is 11.0. The topological polar surface area (TPSA) is 95.3 Å². The van der Waals surface area contributed by atoms with Crippen molar-refractivity contribution in [1.82, 2.24) is 0 Å². The molecule has 1 aromatic carbocycles. The summed E-state index contributed by atoms with van der Waals surface area (Å²) in [5.74, 6) is -0.704. The van der Waals surface area contributed by atoms with Crippen LogP contribution in [-0.4, -0.2) is 24.7 Å². The highest BCUT2D eigenvalue weighted by Gasteiger charge is 2.10. The van der Waals surface area contributed by atoms with Gasteiger partial charge in [0.25, 0.3) is 0 Å². The molecule has 0 fully saturated rings. The molecule has 0 amide bonds. The second kappa shape index (κ2) is 6.98. The highest BCUT2D eigenvalue weighted by Crippen LogP contribution is 2.20. The van der Waals surface area contributed by atoms with Crippen LogP contribution in [0.5, 0.6) is 5.75 Å². The van der Waals surface area contributed by atoms with Gasteiger partial charge in [-0.2, -0.15) is 0 Å². The lowest BCUT2D eigenvalue weighted by atomic mass is 10.1. The van der Waals surface area contributed by atoms with Crippen molar-refractivity contribution in [2.45, 2.75) is 6.42 Å². The number of carboxylic acid groups (broad SMARTS) is 1. The van der Waals surface area contributed by atoms with Crippen LogP contribution in [0.2, 0.25) is 0 Å². The first-order valence-corrected chi connectivity index (χ1v) is 5.27.